The fourth-order valence-electron chi connectivity index (χ4n) is 6.18. The molecule has 1 aromatic heterocycles. The Hall–Kier alpha value is -3.40. The zero-order chi connectivity index (χ0) is 27.9. The molecule has 3 aromatic rings. The Morgan fingerprint density at radius 3 is 2.59 bits per heavy atom. The average molecular weight is 547 g/mol. The monoisotopic (exact) mass is 546 g/mol. The number of nitrogens with zero attached hydrogens (tertiary/aromatic N) is 2. The van der Waals surface area contributed by atoms with Crippen molar-refractivity contribution in [2.24, 2.45) is 5.92 Å². The van der Waals surface area contributed by atoms with Crippen molar-refractivity contribution >= 4 is 5.97 Å². The summed E-state index contributed by atoms with van der Waals surface area (Å²) in [6, 6.07) is 11.0. The van der Waals surface area contributed by atoms with E-state index in [1.54, 1.807) is 30.3 Å². The first-order chi connectivity index (χ1) is 18.5. The largest absolute Gasteiger partial charge is 0.491 e. The van der Waals surface area contributed by atoms with E-state index in [0.717, 1.165) is 21.9 Å². The molecule has 2 unspecified atom stereocenters. The SMILES string of the molecule is COC(=O)C1CC[C@@]2(CC(c3cc(-n4ccnc4C(F)(F)F)ccc3OC(C)C)CO2)[C@@H]1c1ccc(F)cc1. The van der Waals surface area contributed by atoms with Crippen LogP contribution in [-0.4, -0.2) is 40.9 Å². The van der Waals surface area contributed by atoms with Crippen LogP contribution in [0.2, 0.25) is 0 Å². The van der Waals surface area contributed by atoms with E-state index in [9.17, 15) is 22.4 Å². The fourth-order valence-corrected chi connectivity index (χ4v) is 6.18. The molecular formula is C29H30F4N2O4. The second-order valence-corrected chi connectivity index (χ2v) is 10.5. The molecule has 0 bridgehead atoms. The number of aromatic nitrogens is 2. The van der Waals surface area contributed by atoms with Crippen LogP contribution in [0.4, 0.5) is 17.6 Å². The number of methoxy groups -OCH3 is 1. The van der Waals surface area contributed by atoms with Gasteiger partial charge in [-0.3, -0.25) is 9.36 Å². The number of hydrogen-bond donors (Lipinski definition) is 0. The topological polar surface area (TPSA) is 62.6 Å². The lowest BCUT2D eigenvalue weighted by Crippen LogP contribution is -2.35. The highest BCUT2D eigenvalue weighted by molar-refractivity contribution is 5.74. The van der Waals surface area contributed by atoms with Gasteiger partial charge in [-0.1, -0.05) is 12.1 Å². The van der Waals surface area contributed by atoms with Crippen LogP contribution < -0.4 is 4.74 Å². The van der Waals surface area contributed by atoms with Gasteiger partial charge in [0.25, 0.3) is 0 Å². The third-order valence-corrected chi connectivity index (χ3v) is 7.71. The Labute approximate surface area is 223 Å². The first-order valence-electron chi connectivity index (χ1n) is 12.9. The highest BCUT2D eigenvalue weighted by Crippen LogP contribution is 2.57. The summed E-state index contributed by atoms with van der Waals surface area (Å²) in [5.41, 5.74) is 1.09. The molecule has 0 N–H and O–H groups in total. The number of hydrogen-bond acceptors (Lipinski definition) is 5. The van der Waals surface area contributed by atoms with E-state index in [-0.39, 0.29) is 29.7 Å². The van der Waals surface area contributed by atoms with Crippen LogP contribution in [0, 0.1) is 11.7 Å². The van der Waals surface area contributed by atoms with Gasteiger partial charge in [0.1, 0.15) is 11.6 Å². The number of esters is 1. The summed E-state index contributed by atoms with van der Waals surface area (Å²) >= 11 is 0. The van der Waals surface area contributed by atoms with Crippen molar-refractivity contribution in [3.05, 3.63) is 77.6 Å². The lowest BCUT2D eigenvalue weighted by molar-refractivity contribution is -0.147. The molecule has 1 aliphatic carbocycles. The van der Waals surface area contributed by atoms with Crippen LogP contribution in [-0.2, 0) is 20.4 Å². The number of imidazole rings is 1. The zero-order valence-corrected chi connectivity index (χ0v) is 21.9. The number of halogens is 4. The van der Waals surface area contributed by atoms with Crippen LogP contribution in [0.1, 0.15) is 61.9 Å². The lowest BCUT2D eigenvalue weighted by Gasteiger charge is -2.33. The molecule has 1 saturated heterocycles. The summed E-state index contributed by atoms with van der Waals surface area (Å²) in [7, 11) is 1.35. The fraction of sp³-hybridized carbons (Fsp3) is 0.448. The molecule has 2 heterocycles. The number of benzene rings is 2. The summed E-state index contributed by atoms with van der Waals surface area (Å²) in [6.07, 6.45) is -0.741. The lowest BCUT2D eigenvalue weighted by atomic mass is 9.76. The van der Waals surface area contributed by atoms with E-state index in [4.69, 9.17) is 14.2 Å². The maximum Gasteiger partial charge on any atom is 0.450 e. The normalized spacial score (nSPS) is 25.0. The van der Waals surface area contributed by atoms with Crippen molar-refractivity contribution in [1.29, 1.82) is 0 Å². The number of rotatable bonds is 6. The number of alkyl halides is 3. The summed E-state index contributed by atoms with van der Waals surface area (Å²) in [6.45, 7) is 4.05. The molecule has 2 fully saturated rings. The predicted octanol–water partition coefficient (Wildman–Crippen LogP) is 6.43. The smallest absolute Gasteiger partial charge is 0.450 e. The number of carbonyl (C=O) groups excluding carboxylic acids is 1. The molecule has 1 saturated carbocycles. The van der Waals surface area contributed by atoms with Gasteiger partial charge in [-0.05, 0) is 69.0 Å². The minimum atomic E-state index is -4.62. The average Bonchev–Trinajstić information content (AvgIpc) is 3.63. The van der Waals surface area contributed by atoms with E-state index in [1.165, 1.54) is 25.4 Å². The van der Waals surface area contributed by atoms with Gasteiger partial charge in [-0.2, -0.15) is 13.2 Å². The van der Waals surface area contributed by atoms with Crippen molar-refractivity contribution in [2.45, 2.75) is 62.8 Å². The van der Waals surface area contributed by atoms with E-state index in [2.05, 4.69) is 4.98 Å². The van der Waals surface area contributed by atoms with Crippen LogP contribution in [0.5, 0.6) is 5.75 Å². The van der Waals surface area contributed by atoms with Gasteiger partial charge in [0.05, 0.1) is 31.3 Å². The van der Waals surface area contributed by atoms with E-state index < -0.39 is 23.5 Å². The Morgan fingerprint density at radius 1 is 1.18 bits per heavy atom. The predicted molar refractivity (Wildman–Crippen MR) is 134 cm³/mol. The number of carbonyl (C=O) groups is 1. The molecule has 4 atom stereocenters. The minimum absolute atomic E-state index is 0.160. The highest BCUT2D eigenvalue weighted by Gasteiger charge is 2.56. The highest BCUT2D eigenvalue weighted by atomic mass is 19.4. The summed E-state index contributed by atoms with van der Waals surface area (Å²) < 4.78 is 73.2. The first-order valence-corrected chi connectivity index (χ1v) is 12.9. The van der Waals surface area contributed by atoms with Crippen molar-refractivity contribution in [2.75, 3.05) is 13.7 Å². The van der Waals surface area contributed by atoms with E-state index >= 15 is 0 Å². The van der Waals surface area contributed by atoms with Gasteiger partial charge in [-0.25, -0.2) is 9.37 Å². The first kappa shape index (κ1) is 27.2. The van der Waals surface area contributed by atoms with Crippen LogP contribution in [0.25, 0.3) is 5.69 Å². The molecule has 2 aliphatic rings. The molecule has 0 amide bonds. The van der Waals surface area contributed by atoms with Gasteiger partial charge in [0.2, 0.25) is 5.82 Å². The Balaban J connectivity index is 1.54. The summed E-state index contributed by atoms with van der Waals surface area (Å²) in [5, 5.41) is 0. The van der Waals surface area contributed by atoms with Crippen LogP contribution in [0.3, 0.4) is 0 Å². The Morgan fingerprint density at radius 2 is 1.92 bits per heavy atom. The van der Waals surface area contributed by atoms with Crippen LogP contribution >= 0.6 is 0 Å². The van der Waals surface area contributed by atoms with Crippen molar-refractivity contribution in [1.82, 2.24) is 9.55 Å². The molecule has 6 nitrogen and oxygen atoms in total. The van der Waals surface area contributed by atoms with Gasteiger partial charge in [0.15, 0.2) is 0 Å². The van der Waals surface area contributed by atoms with Gasteiger partial charge in [-0.15, -0.1) is 0 Å². The Bertz CT molecular complexity index is 1340. The molecule has 0 radical (unpaired) electrons. The third-order valence-electron chi connectivity index (χ3n) is 7.71. The third kappa shape index (κ3) is 5.14. The second kappa shape index (κ2) is 10.3. The van der Waals surface area contributed by atoms with Gasteiger partial charge < -0.3 is 14.2 Å². The van der Waals surface area contributed by atoms with Crippen molar-refractivity contribution < 1.29 is 36.6 Å². The van der Waals surface area contributed by atoms with Crippen LogP contribution in [0.15, 0.2) is 54.9 Å². The summed E-state index contributed by atoms with van der Waals surface area (Å²) in [4.78, 5) is 16.3. The standard InChI is InChI=1S/C29H30F4N2O4/c1-17(2)39-24-9-8-21(35-13-12-34-27(35)29(31,32)33)14-23(24)19-15-28(38-16-19)11-10-22(26(36)37-3)25(28)18-4-6-20(30)7-5-18/h4-9,12-14,17,19,22,25H,10-11,15-16H2,1-3H3/t19?,22?,25-,28-/m1/s1. The quantitative estimate of drug-likeness (QED) is 0.264. The number of ether oxygens (including phenoxy) is 3. The molecule has 1 aliphatic heterocycles. The van der Waals surface area contributed by atoms with Crippen molar-refractivity contribution in [3.8, 4) is 11.4 Å². The van der Waals surface area contributed by atoms with E-state index in [0.29, 0.717) is 37.3 Å². The molecule has 39 heavy (non-hydrogen) atoms. The molecular weight excluding hydrogens is 516 g/mol. The van der Waals surface area contributed by atoms with Gasteiger partial charge >= 0.3 is 12.1 Å². The molecule has 1 spiro atoms. The maximum atomic E-state index is 13.7. The second-order valence-electron chi connectivity index (χ2n) is 10.5. The van der Waals surface area contributed by atoms with E-state index in [1.807, 2.05) is 13.8 Å². The van der Waals surface area contributed by atoms with Gasteiger partial charge in [0, 0.05) is 35.5 Å². The molecule has 10 heteroatoms. The molecule has 2 aromatic carbocycles. The minimum Gasteiger partial charge on any atom is -0.491 e. The molecule has 5 rings (SSSR count). The summed E-state index contributed by atoms with van der Waals surface area (Å²) in [5.74, 6) is -2.21. The van der Waals surface area contributed by atoms with Crippen molar-refractivity contribution in [3.63, 3.8) is 0 Å². The molecule has 208 valence electrons. The maximum absolute atomic E-state index is 13.7. The zero-order valence-electron chi connectivity index (χ0n) is 21.9. The Kier molecular flexibility index (Phi) is 7.17.